The van der Waals surface area contributed by atoms with Gasteiger partial charge in [-0.05, 0) is 108 Å². The van der Waals surface area contributed by atoms with E-state index in [1.165, 1.54) is 117 Å². The highest BCUT2D eigenvalue weighted by Crippen LogP contribution is 2.64. The van der Waals surface area contributed by atoms with Gasteiger partial charge in [-0.1, -0.05) is 190 Å². The molecule has 0 radical (unpaired) electrons. The molecule has 2 aliphatic carbocycles. The van der Waals surface area contributed by atoms with E-state index in [1.807, 2.05) is 0 Å². The Labute approximate surface area is 357 Å². The minimum absolute atomic E-state index is 0.101. The molecule has 61 heavy (non-hydrogen) atoms. The van der Waals surface area contributed by atoms with E-state index in [4.69, 9.17) is 0 Å². The van der Waals surface area contributed by atoms with E-state index in [2.05, 4.69) is 224 Å². The Morgan fingerprint density at radius 3 is 1.69 bits per heavy atom. The second-order valence-corrected chi connectivity index (χ2v) is 17.9. The van der Waals surface area contributed by atoms with Crippen molar-refractivity contribution in [1.29, 1.82) is 0 Å². The summed E-state index contributed by atoms with van der Waals surface area (Å²) in [5.74, 6) is 0. The molecule has 0 unspecified atom stereocenters. The summed E-state index contributed by atoms with van der Waals surface area (Å²) < 4.78 is 0. The van der Waals surface area contributed by atoms with Crippen molar-refractivity contribution in [3.63, 3.8) is 0 Å². The summed E-state index contributed by atoms with van der Waals surface area (Å²) in [6.45, 7) is 4.75. The second-order valence-electron chi connectivity index (χ2n) is 17.9. The first kappa shape index (κ1) is 33.5. The molecule has 0 bridgehead atoms. The van der Waals surface area contributed by atoms with Gasteiger partial charge in [-0.15, -0.1) is 0 Å². The van der Waals surface area contributed by atoms with Crippen molar-refractivity contribution in [2.75, 3.05) is 9.71 Å². The van der Waals surface area contributed by atoms with Crippen LogP contribution in [0.15, 0.2) is 200 Å². The Kier molecular flexibility index (Phi) is 6.41. The largest absolute Gasteiger partial charge is 0.376 e. The molecule has 0 amide bonds. The normalized spacial score (nSPS) is 15.5. The van der Waals surface area contributed by atoms with Gasteiger partial charge in [0.15, 0.2) is 0 Å². The average molecular weight is 775 g/mol. The molecule has 2 nitrogen and oxygen atoms in total. The molecule has 0 saturated carbocycles. The Morgan fingerprint density at radius 1 is 0.377 bits per heavy atom. The predicted octanol–water partition coefficient (Wildman–Crippen LogP) is 13.0. The van der Waals surface area contributed by atoms with Crippen LogP contribution in [0.3, 0.4) is 0 Å². The molecule has 0 fully saturated rings. The van der Waals surface area contributed by atoms with E-state index in [1.54, 1.807) is 0 Å². The molecule has 3 heteroatoms. The topological polar surface area (TPSA) is 6.48 Å². The zero-order valence-corrected chi connectivity index (χ0v) is 34.0. The monoisotopic (exact) mass is 774 g/mol. The Morgan fingerprint density at radius 2 is 0.934 bits per heavy atom. The summed E-state index contributed by atoms with van der Waals surface area (Å²) in [6.07, 6.45) is 0. The van der Waals surface area contributed by atoms with E-state index in [0.717, 1.165) is 0 Å². The number of nitrogens with zero attached hydrogens (tertiary/aromatic N) is 2. The van der Waals surface area contributed by atoms with Gasteiger partial charge < -0.3 is 9.71 Å². The molecule has 284 valence electrons. The van der Waals surface area contributed by atoms with Gasteiger partial charge in [-0.2, -0.15) is 0 Å². The summed E-state index contributed by atoms with van der Waals surface area (Å²) in [6, 6.07) is 76.0. The zero-order chi connectivity index (χ0) is 40.2. The number of hydrogen-bond acceptors (Lipinski definition) is 2. The van der Waals surface area contributed by atoms with Gasteiger partial charge >= 0.3 is 6.85 Å². The minimum atomic E-state index is -0.490. The standard InChI is InChI=1S/C58H39BN2/c1-57(2)44-24-9-6-21-40(44)42-22-14-31-51(54(42)57)61-53-35-37(36-17-4-3-5-18-36)33-34-41(53)43-23-15-32-52-55(43)59(61)49-29-16-28-48-56(49)60(52)50-30-13-12-27-47(50)58(48)45-25-10-7-19-38(45)39-20-8-11-26-46(39)58/h3-35H,1-2H3. The first-order valence-corrected chi connectivity index (χ1v) is 21.6. The van der Waals surface area contributed by atoms with Crippen LogP contribution in [0.1, 0.15) is 47.2 Å². The first-order chi connectivity index (χ1) is 30.1. The van der Waals surface area contributed by atoms with Gasteiger partial charge in [0.2, 0.25) is 0 Å². The van der Waals surface area contributed by atoms with Crippen LogP contribution in [-0.2, 0) is 10.8 Å². The fraction of sp³-hybridized carbons (Fsp3) is 0.0690. The van der Waals surface area contributed by atoms with Crippen molar-refractivity contribution >= 4 is 46.2 Å². The lowest BCUT2D eigenvalue weighted by molar-refractivity contribution is 0.661. The Hall–Kier alpha value is -7.36. The third kappa shape index (κ3) is 4.00. The lowest BCUT2D eigenvalue weighted by atomic mass is 9.42. The highest BCUT2D eigenvalue weighted by atomic mass is 15.2. The van der Waals surface area contributed by atoms with Gasteiger partial charge in [0.05, 0.1) is 11.1 Å². The van der Waals surface area contributed by atoms with E-state index < -0.39 is 5.41 Å². The molecule has 9 aromatic rings. The third-order valence-corrected chi connectivity index (χ3v) is 14.8. The van der Waals surface area contributed by atoms with Gasteiger partial charge in [-0.3, -0.25) is 0 Å². The molecular formula is C58H39BN2. The Balaban J connectivity index is 1.12. The maximum atomic E-state index is 2.75. The molecule has 0 saturated heterocycles. The molecule has 0 N–H and O–H groups in total. The number of fused-ring (bicyclic) bond motifs is 16. The molecule has 5 aliphatic rings. The van der Waals surface area contributed by atoms with Crippen molar-refractivity contribution in [3.05, 3.63) is 234 Å². The maximum absolute atomic E-state index is 2.75. The summed E-state index contributed by atoms with van der Waals surface area (Å²) in [7, 11) is 0. The first-order valence-electron chi connectivity index (χ1n) is 21.6. The van der Waals surface area contributed by atoms with Crippen molar-refractivity contribution in [1.82, 2.24) is 0 Å². The number of anilines is 5. The molecule has 9 aromatic carbocycles. The fourth-order valence-corrected chi connectivity index (χ4v) is 12.5. The predicted molar refractivity (Wildman–Crippen MR) is 254 cm³/mol. The van der Waals surface area contributed by atoms with Crippen LogP contribution in [0.25, 0.3) is 44.5 Å². The zero-order valence-electron chi connectivity index (χ0n) is 34.0. The maximum Gasteiger partial charge on any atom is 0.333 e. The third-order valence-electron chi connectivity index (χ3n) is 14.8. The highest BCUT2D eigenvalue weighted by molar-refractivity contribution is 6.93. The van der Waals surface area contributed by atoms with E-state index in [-0.39, 0.29) is 12.3 Å². The number of benzene rings is 9. The molecule has 3 aliphatic heterocycles. The van der Waals surface area contributed by atoms with Crippen molar-refractivity contribution in [2.45, 2.75) is 24.7 Å². The van der Waals surface area contributed by atoms with Gasteiger partial charge in [0.25, 0.3) is 0 Å². The summed E-state index contributed by atoms with van der Waals surface area (Å²) in [5.41, 5.74) is 26.8. The summed E-state index contributed by atoms with van der Waals surface area (Å²) in [4.78, 5) is 5.37. The number of para-hydroxylation sites is 2. The SMILES string of the molecule is CC1(C)c2ccccc2-c2cccc(N3B4c5cccc6c5N(c5ccccc5C65c6ccccc6-c6ccccc65)c5cccc(c54)-c4ccc(-c5ccccc5)cc43)c21. The Bertz CT molecular complexity index is 3330. The van der Waals surface area contributed by atoms with E-state index in [0.29, 0.717) is 0 Å². The van der Waals surface area contributed by atoms with Crippen LogP contribution in [0, 0.1) is 0 Å². The quantitative estimate of drug-likeness (QED) is 0.161. The average Bonchev–Trinajstić information content (AvgIpc) is 3.74. The van der Waals surface area contributed by atoms with E-state index in [9.17, 15) is 0 Å². The van der Waals surface area contributed by atoms with Crippen LogP contribution in [0.2, 0.25) is 0 Å². The van der Waals surface area contributed by atoms with E-state index >= 15 is 0 Å². The van der Waals surface area contributed by atoms with Gasteiger partial charge in [0, 0.05) is 33.7 Å². The fourth-order valence-electron chi connectivity index (χ4n) is 12.5. The van der Waals surface area contributed by atoms with Gasteiger partial charge in [0.1, 0.15) is 0 Å². The van der Waals surface area contributed by atoms with Crippen molar-refractivity contribution in [2.24, 2.45) is 0 Å². The van der Waals surface area contributed by atoms with Crippen LogP contribution < -0.4 is 20.6 Å². The number of hydrogen-bond donors (Lipinski definition) is 0. The molecule has 0 aromatic heterocycles. The molecule has 14 rings (SSSR count). The summed E-state index contributed by atoms with van der Waals surface area (Å²) in [5, 5.41) is 0. The molecule has 1 spiro atoms. The second kappa shape index (κ2) is 11.7. The van der Waals surface area contributed by atoms with Crippen LogP contribution in [0.5, 0.6) is 0 Å². The minimum Gasteiger partial charge on any atom is -0.376 e. The lowest BCUT2D eigenvalue weighted by Gasteiger charge is -2.51. The van der Waals surface area contributed by atoms with Crippen molar-refractivity contribution < 1.29 is 0 Å². The molecule has 3 heterocycles. The van der Waals surface area contributed by atoms with Crippen LogP contribution in [-0.4, -0.2) is 6.85 Å². The molecule has 0 atom stereocenters. The van der Waals surface area contributed by atoms with Crippen LogP contribution >= 0.6 is 0 Å². The molecular weight excluding hydrogens is 735 g/mol. The van der Waals surface area contributed by atoms with Crippen LogP contribution in [0.4, 0.5) is 28.4 Å². The smallest absolute Gasteiger partial charge is 0.333 e. The highest BCUT2D eigenvalue weighted by Gasteiger charge is 2.56. The summed E-state index contributed by atoms with van der Waals surface area (Å²) >= 11 is 0. The van der Waals surface area contributed by atoms with Crippen molar-refractivity contribution in [3.8, 4) is 44.5 Å². The van der Waals surface area contributed by atoms with Gasteiger partial charge in [-0.25, -0.2) is 0 Å². The number of rotatable bonds is 2. The lowest BCUT2D eigenvalue weighted by Crippen LogP contribution is -2.63.